The topological polar surface area (TPSA) is 38.7 Å². The molecule has 1 aromatic carbocycles. The Kier molecular flexibility index (Phi) is 10.0. The molecule has 5 aliphatic carbocycles. The van der Waals surface area contributed by atoms with E-state index in [0.29, 0.717) is 33.5 Å². The van der Waals surface area contributed by atoms with Crippen molar-refractivity contribution >= 4 is 11.6 Å². The Morgan fingerprint density at radius 3 is 2.24 bits per heavy atom. The van der Waals surface area contributed by atoms with Crippen molar-refractivity contribution in [1.29, 1.82) is 0 Å². The van der Waals surface area contributed by atoms with E-state index in [1.165, 1.54) is 88.4 Å². The highest BCUT2D eigenvalue weighted by molar-refractivity contribution is 6.30. The van der Waals surface area contributed by atoms with Gasteiger partial charge in [-0.1, -0.05) is 70.5 Å². The third kappa shape index (κ3) is 6.12. The van der Waals surface area contributed by atoms with Gasteiger partial charge in [-0.15, -0.1) is 0 Å². The molecule has 6 fully saturated rings. The van der Waals surface area contributed by atoms with Crippen LogP contribution in [0, 0.1) is 56.7 Å². The Morgan fingerprint density at radius 1 is 0.816 bits per heavy atom. The molecule has 1 heterocycles. The lowest BCUT2D eigenvalue weighted by Gasteiger charge is -2.73. The Labute approximate surface area is 305 Å². The van der Waals surface area contributed by atoms with Crippen LogP contribution in [0.3, 0.4) is 0 Å². The summed E-state index contributed by atoms with van der Waals surface area (Å²) in [7, 11) is 0. The van der Waals surface area contributed by atoms with Gasteiger partial charge in [0.25, 0.3) is 0 Å². The van der Waals surface area contributed by atoms with Gasteiger partial charge in [0.15, 0.2) is 0 Å². The maximum atomic E-state index is 11.1. The lowest BCUT2D eigenvalue weighted by molar-refractivity contribution is -0.247. The highest BCUT2D eigenvalue weighted by Gasteiger charge is 2.70. The molecule has 1 aliphatic heterocycles. The predicted octanol–water partition coefficient (Wildman–Crippen LogP) is 9.46. The normalized spacial score (nSPS) is 43.7. The second kappa shape index (κ2) is 13.5. The quantitative estimate of drug-likeness (QED) is 0.200. The molecule has 5 saturated carbocycles. The summed E-state index contributed by atoms with van der Waals surface area (Å²) in [6.45, 7) is 29.1. The minimum Gasteiger partial charge on any atom is -0.393 e. The van der Waals surface area contributed by atoms with E-state index in [-0.39, 0.29) is 11.5 Å². The fourth-order valence-corrected chi connectivity index (χ4v) is 14.5. The van der Waals surface area contributed by atoms with Crippen molar-refractivity contribution in [2.24, 2.45) is 56.7 Å². The standard InChI is InChI=1S/C44H70ClN3O/c1-31(2)34-14-19-44(22-23-46-24-25-47-26-28-48(29-27-47)30-32-8-10-33(45)11-9-32)21-20-42(6)35(39(34)44)12-13-37-41(5)17-16-38(49)40(3,4)36(41)15-18-43(37,42)7/h8-11,34-39,46,49H,1,12-30H2,2-7H3/t34-,35+,36-,37+,38-,39+,41-,42+,43+,44+/m0/s1. The first-order chi connectivity index (χ1) is 23.2. The first-order valence-corrected chi connectivity index (χ1v) is 20.8. The molecular weight excluding hydrogens is 622 g/mol. The average Bonchev–Trinajstić information content (AvgIpc) is 3.45. The number of aliphatic hydroxyl groups excluding tert-OH is 1. The van der Waals surface area contributed by atoms with Gasteiger partial charge in [-0.3, -0.25) is 9.80 Å². The summed E-state index contributed by atoms with van der Waals surface area (Å²) in [6.07, 6.45) is 14.5. The number of allylic oxidation sites excluding steroid dienone is 1. The van der Waals surface area contributed by atoms with E-state index in [2.05, 4.69) is 75.4 Å². The number of halogens is 1. The van der Waals surface area contributed by atoms with Crippen molar-refractivity contribution in [3.8, 4) is 0 Å². The van der Waals surface area contributed by atoms with Crippen LogP contribution in [0.1, 0.15) is 118 Å². The molecule has 0 spiro atoms. The summed E-state index contributed by atoms with van der Waals surface area (Å²) >= 11 is 6.09. The van der Waals surface area contributed by atoms with E-state index >= 15 is 0 Å². The zero-order chi connectivity index (χ0) is 34.8. The van der Waals surface area contributed by atoms with E-state index in [0.717, 1.165) is 68.5 Å². The molecule has 0 bridgehead atoms. The van der Waals surface area contributed by atoms with Crippen LogP contribution < -0.4 is 5.32 Å². The van der Waals surface area contributed by atoms with Gasteiger partial charge in [-0.25, -0.2) is 0 Å². The molecule has 0 aromatic heterocycles. The number of hydrogen-bond acceptors (Lipinski definition) is 4. The summed E-state index contributed by atoms with van der Waals surface area (Å²) in [5, 5.41) is 15.9. The molecule has 0 amide bonds. The maximum absolute atomic E-state index is 11.1. The molecule has 1 saturated heterocycles. The van der Waals surface area contributed by atoms with Gasteiger partial charge in [0.1, 0.15) is 0 Å². The van der Waals surface area contributed by atoms with Crippen LogP contribution in [0.5, 0.6) is 0 Å². The van der Waals surface area contributed by atoms with Crippen LogP contribution >= 0.6 is 11.6 Å². The fourth-order valence-electron chi connectivity index (χ4n) is 14.4. The van der Waals surface area contributed by atoms with Gasteiger partial charge >= 0.3 is 0 Å². The maximum Gasteiger partial charge on any atom is 0.0594 e. The molecule has 0 unspecified atom stereocenters. The molecule has 6 aliphatic rings. The van der Waals surface area contributed by atoms with Crippen molar-refractivity contribution in [3.63, 3.8) is 0 Å². The van der Waals surface area contributed by atoms with Crippen LogP contribution in [-0.2, 0) is 6.54 Å². The van der Waals surface area contributed by atoms with E-state index in [1.54, 1.807) is 0 Å². The summed E-state index contributed by atoms with van der Waals surface area (Å²) < 4.78 is 0. The van der Waals surface area contributed by atoms with Crippen molar-refractivity contribution < 1.29 is 5.11 Å². The summed E-state index contributed by atoms with van der Waals surface area (Å²) in [5.41, 5.74) is 4.49. The Balaban J connectivity index is 0.974. The molecular formula is C44H70ClN3O. The van der Waals surface area contributed by atoms with Crippen LogP contribution in [-0.4, -0.2) is 66.8 Å². The first-order valence-electron chi connectivity index (χ1n) is 20.5. The van der Waals surface area contributed by atoms with Crippen molar-refractivity contribution in [2.75, 3.05) is 45.8 Å². The van der Waals surface area contributed by atoms with Gasteiger partial charge in [0.2, 0.25) is 0 Å². The molecule has 1 aromatic rings. The number of rotatable bonds is 9. The lowest BCUT2D eigenvalue weighted by Crippen LogP contribution is -2.66. The van der Waals surface area contributed by atoms with Crippen LogP contribution in [0.2, 0.25) is 5.02 Å². The van der Waals surface area contributed by atoms with E-state index in [4.69, 9.17) is 11.6 Å². The Hall–Kier alpha value is -0.910. The van der Waals surface area contributed by atoms with Gasteiger partial charge in [-0.2, -0.15) is 0 Å². The van der Waals surface area contributed by atoms with E-state index in [1.807, 2.05) is 12.1 Å². The van der Waals surface area contributed by atoms with Crippen LogP contribution in [0.4, 0.5) is 0 Å². The number of aliphatic hydroxyl groups is 1. The minimum absolute atomic E-state index is 0.0314. The van der Waals surface area contributed by atoms with Gasteiger partial charge in [0.05, 0.1) is 6.10 Å². The van der Waals surface area contributed by atoms with Crippen LogP contribution in [0.25, 0.3) is 0 Å². The zero-order valence-corrected chi connectivity index (χ0v) is 32.9. The number of fused-ring (bicyclic) bond motifs is 7. The van der Waals surface area contributed by atoms with Crippen molar-refractivity contribution in [1.82, 2.24) is 15.1 Å². The van der Waals surface area contributed by atoms with Gasteiger partial charge in [-0.05, 0) is 158 Å². The van der Waals surface area contributed by atoms with Crippen molar-refractivity contribution in [2.45, 2.75) is 125 Å². The third-order valence-corrected chi connectivity index (χ3v) is 17.7. The number of hydrogen-bond donors (Lipinski definition) is 2. The number of piperazine rings is 1. The monoisotopic (exact) mass is 692 g/mol. The Bertz CT molecular complexity index is 1340. The number of nitrogens with one attached hydrogen (secondary N) is 1. The summed E-state index contributed by atoms with van der Waals surface area (Å²) in [6, 6.07) is 8.35. The second-order valence-electron chi connectivity index (χ2n) is 19.7. The fraction of sp³-hybridized carbons (Fsp3) is 0.818. The average molecular weight is 693 g/mol. The van der Waals surface area contributed by atoms with Gasteiger partial charge in [0, 0.05) is 50.8 Å². The lowest BCUT2D eigenvalue weighted by atomic mass is 9.32. The van der Waals surface area contributed by atoms with Crippen LogP contribution in [0.15, 0.2) is 36.4 Å². The largest absolute Gasteiger partial charge is 0.393 e. The minimum atomic E-state index is -0.142. The molecule has 2 N–H and O–H groups in total. The highest BCUT2D eigenvalue weighted by Crippen LogP contribution is 2.77. The number of benzene rings is 1. The SMILES string of the molecule is C=C(C)[C@@H]1CC[C@]2(CCNCCN3CCN(Cc4ccc(Cl)cc4)CC3)CC[C@]3(C)[C@H](CC[C@@H]4[C@@]5(C)CC[C@H](O)C(C)(C)[C@@H]5CC[C@]43C)[C@@H]12. The molecule has 10 atom stereocenters. The summed E-state index contributed by atoms with van der Waals surface area (Å²) in [4.78, 5) is 5.25. The van der Waals surface area contributed by atoms with Crippen molar-refractivity contribution in [3.05, 3.63) is 47.0 Å². The van der Waals surface area contributed by atoms with E-state index in [9.17, 15) is 5.11 Å². The molecule has 274 valence electrons. The molecule has 0 radical (unpaired) electrons. The highest BCUT2D eigenvalue weighted by atomic mass is 35.5. The molecule has 7 rings (SSSR count). The van der Waals surface area contributed by atoms with E-state index < -0.39 is 0 Å². The zero-order valence-electron chi connectivity index (χ0n) is 32.1. The summed E-state index contributed by atoms with van der Waals surface area (Å²) in [5.74, 6) is 3.74. The molecule has 4 nitrogen and oxygen atoms in total. The molecule has 49 heavy (non-hydrogen) atoms. The third-order valence-electron chi connectivity index (χ3n) is 17.4. The van der Waals surface area contributed by atoms with Gasteiger partial charge < -0.3 is 10.4 Å². The first kappa shape index (κ1) is 36.4. The second-order valence-corrected chi connectivity index (χ2v) is 20.1. The number of nitrogens with zero attached hydrogens (tertiary/aromatic N) is 2. The molecule has 5 heteroatoms. The predicted molar refractivity (Wildman–Crippen MR) is 206 cm³/mol. The smallest absolute Gasteiger partial charge is 0.0594 e. The Morgan fingerprint density at radius 2 is 1.53 bits per heavy atom.